The Morgan fingerprint density at radius 3 is 2.75 bits per heavy atom. The molecule has 1 heterocycles. The number of nitrogens with zero attached hydrogens (tertiary/aromatic N) is 1. The van der Waals surface area contributed by atoms with Crippen molar-refractivity contribution in [1.82, 2.24) is 5.32 Å². The molecule has 16 heavy (non-hydrogen) atoms. The molecule has 1 unspecified atom stereocenters. The average Bonchev–Trinajstić information content (AvgIpc) is 2.74. The summed E-state index contributed by atoms with van der Waals surface area (Å²) in [5, 5.41) is 3.09. The van der Waals surface area contributed by atoms with E-state index < -0.39 is 0 Å². The monoisotopic (exact) mass is 221 g/mol. The molecule has 0 aromatic heterocycles. The second-order valence-corrected chi connectivity index (χ2v) is 3.53. The minimum Gasteiger partial charge on any atom is -0.497 e. The molecular formula is C11H15N3O2. The van der Waals surface area contributed by atoms with Crippen molar-refractivity contribution >= 4 is 5.96 Å². The Bertz CT molecular complexity index is 418. The van der Waals surface area contributed by atoms with Gasteiger partial charge in [0.1, 0.15) is 11.5 Å². The fourth-order valence-corrected chi connectivity index (χ4v) is 1.74. The molecule has 0 amide bonds. The van der Waals surface area contributed by atoms with Crippen molar-refractivity contribution in [3.8, 4) is 11.5 Å². The van der Waals surface area contributed by atoms with E-state index in [0.29, 0.717) is 12.5 Å². The summed E-state index contributed by atoms with van der Waals surface area (Å²) in [5.41, 5.74) is 6.62. The molecule has 1 aliphatic heterocycles. The topological polar surface area (TPSA) is 68.9 Å². The molecule has 1 aromatic carbocycles. The number of aliphatic imine (C=N–C) groups is 1. The smallest absolute Gasteiger partial charge is 0.189 e. The van der Waals surface area contributed by atoms with Crippen LogP contribution in [0.25, 0.3) is 0 Å². The number of nitrogens with two attached hydrogens (primary N) is 1. The van der Waals surface area contributed by atoms with E-state index in [1.165, 1.54) is 0 Å². The van der Waals surface area contributed by atoms with E-state index >= 15 is 0 Å². The molecule has 0 bridgehead atoms. The minimum absolute atomic E-state index is 0.0841. The Hall–Kier alpha value is -1.91. The highest BCUT2D eigenvalue weighted by Gasteiger charge is 2.21. The van der Waals surface area contributed by atoms with Gasteiger partial charge in [-0.15, -0.1) is 0 Å². The summed E-state index contributed by atoms with van der Waals surface area (Å²) in [6.45, 7) is 0.633. The molecule has 5 heteroatoms. The van der Waals surface area contributed by atoms with Gasteiger partial charge in [0.05, 0.1) is 26.8 Å². The van der Waals surface area contributed by atoms with Crippen LogP contribution < -0.4 is 20.5 Å². The lowest BCUT2D eigenvalue weighted by Crippen LogP contribution is -2.29. The van der Waals surface area contributed by atoms with Crippen LogP contribution in [0, 0.1) is 0 Å². The molecule has 0 aliphatic carbocycles. The maximum Gasteiger partial charge on any atom is 0.189 e. The maximum absolute atomic E-state index is 5.58. The second-order valence-electron chi connectivity index (χ2n) is 3.53. The molecule has 3 N–H and O–H groups in total. The quantitative estimate of drug-likeness (QED) is 0.786. The number of methoxy groups -OCH3 is 2. The Morgan fingerprint density at radius 2 is 2.19 bits per heavy atom. The van der Waals surface area contributed by atoms with Gasteiger partial charge in [0.15, 0.2) is 5.96 Å². The van der Waals surface area contributed by atoms with E-state index in [4.69, 9.17) is 15.2 Å². The molecule has 0 saturated heterocycles. The lowest BCUT2D eigenvalue weighted by atomic mass is 10.1. The zero-order valence-electron chi connectivity index (χ0n) is 9.36. The molecular weight excluding hydrogens is 206 g/mol. The van der Waals surface area contributed by atoms with Crippen LogP contribution in [0.2, 0.25) is 0 Å². The van der Waals surface area contributed by atoms with Gasteiger partial charge in [-0.1, -0.05) is 0 Å². The van der Waals surface area contributed by atoms with Crippen molar-refractivity contribution in [2.24, 2.45) is 10.7 Å². The van der Waals surface area contributed by atoms with Gasteiger partial charge in [-0.05, 0) is 12.1 Å². The highest BCUT2D eigenvalue weighted by atomic mass is 16.5. The first-order valence-corrected chi connectivity index (χ1v) is 5.03. The second kappa shape index (κ2) is 4.30. The van der Waals surface area contributed by atoms with Crippen molar-refractivity contribution in [3.63, 3.8) is 0 Å². The van der Waals surface area contributed by atoms with Gasteiger partial charge in [-0.2, -0.15) is 0 Å². The predicted molar refractivity (Wildman–Crippen MR) is 61.9 cm³/mol. The zero-order valence-corrected chi connectivity index (χ0v) is 9.36. The van der Waals surface area contributed by atoms with E-state index in [2.05, 4.69) is 10.3 Å². The Morgan fingerprint density at radius 1 is 1.38 bits per heavy atom. The van der Waals surface area contributed by atoms with Crippen molar-refractivity contribution < 1.29 is 9.47 Å². The highest BCUT2D eigenvalue weighted by Crippen LogP contribution is 2.30. The molecule has 2 rings (SSSR count). The number of nitrogens with one attached hydrogen (secondary N) is 1. The third-order valence-electron chi connectivity index (χ3n) is 2.58. The largest absolute Gasteiger partial charge is 0.497 e. The number of ether oxygens (including phenoxy) is 2. The summed E-state index contributed by atoms with van der Waals surface area (Å²) < 4.78 is 10.5. The van der Waals surface area contributed by atoms with E-state index in [1.807, 2.05) is 18.2 Å². The average molecular weight is 221 g/mol. The van der Waals surface area contributed by atoms with E-state index in [1.54, 1.807) is 14.2 Å². The SMILES string of the molecule is COc1ccc(C2CN=C(N)N2)c(OC)c1. The highest BCUT2D eigenvalue weighted by molar-refractivity contribution is 5.80. The first kappa shape index (κ1) is 10.6. The van der Waals surface area contributed by atoms with E-state index in [0.717, 1.165) is 17.1 Å². The van der Waals surface area contributed by atoms with E-state index in [9.17, 15) is 0 Å². The summed E-state index contributed by atoms with van der Waals surface area (Å²) in [6.07, 6.45) is 0. The van der Waals surface area contributed by atoms with Crippen LogP contribution in [0.1, 0.15) is 11.6 Å². The number of hydrogen-bond donors (Lipinski definition) is 2. The molecule has 1 aromatic rings. The Balaban J connectivity index is 2.27. The van der Waals surface area contributed by atoms with Gasteiger partial charge < -0.3 is 20.5 Å². The van der Waals surface area contributed by atoms with Crippen LogP contribution in [-0.2, 0) is 0 Å². The van der Waals surface area contributed by atoms with Gasteiger partial charge in [0.2, 0.25) is 0 Å². The molecule has 0 radical (unpaired) electrons. The predicted octanol–water partition coefficient (Wildman–Crippen LogP) is 0.663. The first-order valence-electron chi connectivity index (χ1n) is 5.03. The van der Waals surface area contributed by atoms with Crippen LogP contribution in [0.4, 0.5) is 0 Å². The van der Waals surface area contributed by atoms with E-state index in [-0.39, 0.29) is 6.04 Å². The van der Waals surface area contributed by atoms with Crippen LogP contribution in [0.5, 0.6) is 11.5 Å². The van der Waals surface area contributed by atoms with Gasteiger partial charge >= 0.3 is 0 Å². The van der Waals surface area contributed by atoms with Crippen LogP contribution in [-0.4, -0.2) is 26.7 Å². The molecule has 5 nitrogen and oxygen atoms in total. The summed E-state index contributed by atoms with van der Waals surface area (Å²) in [6, 6.07) is 5.80. The minimum atomic E-state index is 0.0841. The normalized spacial score (nSPS) is 18.9. The molecule has 0 spiro atoms. The van der Waals surface area contributed by atoms with Crippen molar-refractivity contribution in [2.45, 2.75) is 6.04 Å². The molecule has 1 aliphatic rings. The molecule has 0 saturated carbocycles. The fourth-order valence-electron chi connectivity index (χ4n) is 1.74. The Labute approximate surface area is 94.3 Å². The lowest BCUT2D eigenvalue weighted by molar-refractivity contribution is 0.388. The van der Waals surface area contributed by atoms with Gasteiger partial charge in [-0.3, -0.25) is 4.99 Å². The van der Waals surface area contributed by atoms with Gasteiger partial charge in [0, 0.05) is 11.6 Å². The lowest BCUT2D eigenvalue weighted by Gasteiger charge is -2.15. The summed E-state index contributed by atoms with van der Waals surface area (Å²) in [7, 11) is 3.26. The summed E-state index contributed by atoms with van der Waals surface area (Å²) >= 11 is 0. The van der Waals surface area contributed by atoms with Crippen molar-refractivity contribution in [1.29, 1.82) is 0 Å². The summed E-state index contributed by atoms with van der Waals surface area (Å²) in [5.74, 6) is 2.03. The third kappa shape index (κ3) is 1.88. The summed E-state index contributed by atoms with van der Waals surface area (Å²) in [4.78, 5) is 4.11. The molecule has 86 valence electrons. The van der Waals surface area contributed by atoms with Crippen LogP contribution >= 0.6 is 0 Å². The third-order valence-corrected chi connectivity index (χ3v) is 2.58. The first-order chi connectivity index (χ1) is 7.74. The van der Waals surface area contributed by atoms with Crippen molar-refractivity contribution in [2.75, 3.05) is 20.8 Å². The Kier molecular flexibility index (Phi) is 2.85. The maximum atomic E-state index is 5.58. The number of benzene rings is 1. The number of rotatable bonds is 3. The molecule has 1 atom stereocenters. The standard InChI is InChI=1S/C11H15N3O2/c1-15-7-3-4-8(10(5-7)16-2)9-6-13-11(12)14-9/h3-5,9H,6H2,1-2H3,(H3,12,13,14). The number of hydrogen-bond acceptors (Lipinski definition) is 5. The van der Waals surface area contributed by atoms with Crippen molar-refractivity contribution in [3.05, 3.63) is 23.8 Å². The van der Waals surface area contributed by atoms with Crippen LogP contribution in [0.15, 0.2) is 23.2 Å². The zero-order chi connectivity index (χ0) is 11.5. The van der Waals surface area contributed by atoms with Gasteiger partial charge in [0.25, 0.3) is 0 Å². The van der Waals surface area contributed by atoms with Gasteiger partial charge in [-0.25, -0.2) is 0 Å². The fraction of sp³-hybridized carbons (Fsp3) is 0.364. The number of guanidine groups is 1. The molecule has 0 fully saturated rings. The van der Waals surface area contributed by atoms with Crippen LogP contribution in [0.3, 0.4) is 0 Å².